The fourth-order valence-corrected chi connectivity index (χ4v) is 2.56. The first-order chi connectivity index (χ1) is 14.0. The first-order valence-electron chi connectivity index (χ1n) is 8.82. The molecule has 3 aromatic carbocycles. The Kier molecular flexibility index (Phi) is 6.32. The molecule has 7 heteroatoms. The van der Waals surface area contributed by atoms with Gasteiger partial charge in [0.15, 0.2) is 0 Å². The van der Waals surface area contributed by atoms with E-state index in [4.69, 9.17) is 14.6 Å². The average Bonchev–Trinajstić information content (AvgIpc) is 2.73. The van der Waals surface area contributed by atoms with Gasteiger partial charge in [-0.2, -0.15) is 0 Å². The van der Waals surface area contributed by atoms with E-state index >= 15 is 0 Å². The van der Waals surface area contributed by atoms with Crippen LogP contribution in [0.1, 0.15) is 20.7 Å². The Morgan fingerprint density at radius 1 is 0.828 bits per heavy atom. The molecular formula is C22H19NO6. The number of benzene rings is 3. The minimum atomic E-state index is -0.998. The Morgan fingerprint density at radius 3 is 2.21 bits per heavy atom. The normalized spacial score (nSPS) is 10.2. The molecule has 3 aromatic rings. The largest absolute Gasteiger partial charge is 0.507 e. The van der Waals surface area contributed by atoms with E-state index in [0.29, 0.717) is 17.2 Å². The summed E-state index contributed by atoms with van der Waals surface area (Å²) in [5.41, 5.74) is 0.810. The zero-order valence-corrected chi connectivity index (χ0v) is 15.4. The van der Waals surface area contributed by atoms with Crippen LogP contribution in [0, 0.1) is 0 Å². The van der Waals surface area contributed by atoms with Crippen molar-refractivity contribution >= 4 is 17.6 Å². The highest BCUT2D eigenvalue weighted by atomic mass is 16.5. The second-order valence-corrected chi connectivity index (χ2v) is 5.99. The maximum Gasteiger partial charge on any atom is 0.335 e. The second kappa shape index (κ2) is 9.27. The van der Waals surface area contributed by atoms with Gasteiger partial charge in [0.2, 0.25) is 0 Å². The van der Waals surface area contributed by atoms with Crippen molar-refractivity contribution in [3.8, 4) is 17.2 Å². The molecule has 29 heavy (non-hydrogen) atoms. The van der Waals surface area contributed by atoms with E-state index in [9.17, 15) is 14.7 Å². The van der Waals surface area contributed by atoms with Crippen LogP contribution in [0.3, 0.4) is 0 Å². The number of rotatable bonds is 8. The molecule has 0 bridgehead atoms. The Morgan fingerprint density at radius 2 is 1.48 bits per heavy atom. The van der Waals surface area contributed by atoms with Crippen molar-refractivity contribution in [2.45, 2.75) is 0 Å². The Labute approximate surface area is 167 Å². The van der Waals surface area contributed by atoms with Crippen LogP contribution in [0.5, 0.6) is 17.2 Å². The predicted molar refractivity (Wildman–Crippen MR) is 107 cm³/mol. The van der Waals surface area contributed by atoms with Crippen LogP contribution in [0.4, 0.5) is 5.69 Å². The number of nitrogens with one attached hydrogen (secondary N) is 1. The van der Waals surface area contributed by atoms with Crippen molar-refractivity contribution in [1.29, 1.82) is 0 Å². The first kappa shape index (κ1) is 19.8. The van der Waals surface area contributed by atoms with E-state index in [1.54, 1.807) is 48.5 Å². The number of carbonyl (C=O) groups is 2. The summed E-state index contributed by atoms with van der Waals surface area (Å²) in [6.45, 7) is 0.443. The minimum absolute atomic E-state index is 0.106. The molecule has 3 N–H and O–H groups in total. The van der Waals surface area contributed by atoms with Gasteiger partial charge in [-0.05, 0) is 48.5 Å². The number of carbonyl (C=O) groups excluding carboxylic acids is 1. The third kappa shape index (κ3) is 5.26. The molecule has 7 nitrogen and oxygen atoms in total. The van der Waals surface area contributed by atoms with Gasteiger partial charge in [-0.1, -0.05) is 24.3 Å². The number of carboxylic acids is 1. The zero-order valence-electron chi connectivity index (χ0n) is 15.4. The van der Waals surface area contributed by atoms with Gasteiger partial charge in [-0.25, -0.2) is 4.79 Å². The number of hydrogen-bond donors (Lipinski definition) is 3. The van der Waals surface area contributed by atoms with Crippen LogP contribution < -0.4 is 14.8 Å². The molecule has 0 radical (unpaired) electrons. The van der Waals surface area contributed by atoms with Gasteiger partial charge in [-0.15, -0.1) is 0 Å². The van der Waals surface area contributed by atoms with Crippen LogP contribution in [-0.4, -0.2) is 35.3 Å². The molecule has 148 valence electrons. The molecule has 0 aliphatic heterocycles. The predicted octanol–water partition coefficient (Wildman–Crippen LogP) is 3.80. The Balaban J connectivity index is 1.56. The molecule has 0 saturated heterocycles. The first-order valence-corrected chi connectivity index (χ1v) is 8.82. The van der Waals surface area contributed by atoms with Crippen molar-refractivity contribution in [1.82, 2.24) is 0 Å². The molecule has 0 aromatic heterocycles. The van der Waals surface area contributed by atoms with Crippen molar-refractivity contribution < 1.29 is 29.3 Å². The second-order valence-electron chi connectivity index (χ2n) is 5.99. The smallest absolute Gasteiger partial charge is 0.335 e. The number of amides is 1. The highest BCUT2D eigenvalue weighted by Gasteiger charge is 2.13. The lowest BCUT2D eigenvalue weighted by molar-refractivity contribution is 0.0696. The number of phenols is 1. The summed E-state index contributed by atoms with van der Waals surface area (Å²) in [5.74, 6) is -0.567. The van der Waals surface area contributed by atoms with Crippen LogP contribution in [0.15, 0.2) is 72.8 Å². The molecule has 0 heterocycles. The van der Waals surface area contributed by atoms with Crippen LogP contribution in [0.2, 0.25) is 0 Å². The lowest BCUT2D eigenvalue weighted by atomic mass is 10.2. The SMILES string of the molecule is O=C(O)c1ccc(OCCOc2ccccc2NC(=O)c2ccccc2O)cc1. The molecule has 0 spiro atoms. The number of aromatic hydroxyl groups is 1. The monoisotopic (exact) mass is 393 g/mol. The number of hydrogen-bond acceptors (Lipinski definition) is 5. The number of aromatic carboxylic acids is 1. The maximum absolute atomic E-state index is 12.4. The van der Waals surface area contributed by atoms with Gasteiger partial charge in [0.05, 0.1) is 16.8 Å². The van der Waals surface area contributed by atoms with Gasteiger partial charge < -0.3 is 25.0 Å². The molecular weight excluding hydrogens is 374 g/mol. The van der Waals surface area contributed by atoms with Crippen molar-refractivity contribution in [2.75, 3.05) is 18.5 Å². The van der Waals surface area contributed by atoms with E-state index in [1.807, 2.05) is 0 Å². The average molecular weight is 393 g/mol. The third-order valence-electron chi connectivity index (χ3n) is 3.99. The fraction of sp³-hybridized carbons (Fsp3) is 0.0909. The van der Waals surface area contributed by atoms with Crippen LogP contribution in [0.25, 0.3) is 0 Å². The van der Waals surface area contributed by atoms with Crippen molar-refractivity contribution in [3.05, 3.63) is 83.9 Å². The summed E-state index contributed by atoms with van der Waals surface area (Å²) >= 11 is 0. The Hall–Kier alpha value is -4.00. The highest BCUT2D eigenvalue weighted by molar-refractivity contribution is 6.06. The number of carboxylic acid groups (broad SMARTS) is 1. The molecule has 1 amide bonds. The summed E-state index contributed by atoms with van der Waals surface area (Å²) in [7, 11) is 0. The van der Waals surface area contributed by atoms with E-state index in [2.05, 4.69) is 5.32 Å². The molecule has 0 fully saturated rings. The van der Waals surface area contributed by atoms with Gasteiger partial charge in [-0.3, -0.25) is 4.79 Å². The summed E-state index contributed by atoms with van der Waals surface area (Å²) in [4.78, 5) is 23.2. The maximum atomic E-state index is 12.4. The molecule has 3 rings (SSSR count). The van der Waals surface area contributed by atoms with Crippen LogP contribution >= 0.6 is 0 Å². The quantitative estimate of drug-likeness (QED) is 0.503. The number of phenolic OH excluding ortho intramolecular Hbond substituents is 1. The highest BCUT2D eigenvalue weighted by Crippen LogP contribution is 2.26. The summed E-state index contributed by atoms with van der Waals surface area (Å²) < 4.78 is 11.2. The van der Waals surface area contributed by atoms with Crippen molar-refractivity contribution in [3.63, 3.8) is 0 Å². The molecule has 0 aliphatic rings. The molecule has 0 atom stereocenters. The summed E-state index contributed by atoms with van der Waals surface area (Å²) in [6.07, 6.45) is 0. The molecule has 0 unspecified atom stereocenters. The van der Waals surface area contributed by atoms with E-state index in [1.165, 1.54) is 24.3 Å². The van der Waals surface area contributed by atoms with Gasteiger partial charge in [0.1, 0.15) is 30.5 Å². The Bertz CT molecular complexity index is 1000. The molecule has 0 aliphatic carbocycles. The van der Waals surface area contributed by atoms with Gasteiger partial charge in [0, 0.05) is 0 Å². The summed E-state index contributed by atoms with van der Waals surface area (Å²) in [5, 5.41) is 21.4. The fourth-order valence-electron chi connectivity index (χ4n) is 2.56. The number of para-hydroxylation sites is 3. The molecule has 0 saturated carbocycles. The lowest BCUT2D eigenvalue weighted by Crippen LogP contribution is -2.14. The van der Waals surface area contributed by atoms with E-state index in [-0.39, 0.29) is 30.1 Å². The zero-order chi connectivity index (χ0) is 20.6. The minimum Gasteiger partial charge on any atom is -0.507 e. The number of ether oxygens (including phenoxy) is 2. The van der Waals surface area contributed by atoms with Crippen LogP contribution in [-0.2, 0) is 0 Å². The van der Waals surface area contributed by atoms with Gasteiger partial charge >= 0.3 is 5.97 Å². The summed E-state index contributed by atoms with van der Waals surface area (Å²) in [6, 6.07) is 19.3. The topological polar surface area (TPSA) is 105 Å². The third-order valence-corrected chi connectivity index (χ3v) is 3.99. The number of anilines is 1. The van der Waals surface area contributed by atoms with E-state index in [0.717, 1.165) is 0 Å². The van der Waals surface area contributed by atoms with Crippen molar-refractivity contribution in [2.24, 2.45) is 0 Å². The van der Waals surface area contributed by atoms with E-state index < -0.39 is 11.9 Å². The lowest BCUT2D eigenvalue weighted by Gasteiger charge is -2.13. The standard InChI is InChI=1S/C22H19NO6/c24-19-7-3-1-5-17(19)21(25)23-18-6-2-4-8-20(18)29-14-13-28-16-11-9-15(10-12-16)22(26)27/h1-12,24H,13-14H2,(H,23,25)(H,26,27). The van der Waals surface area contributed by atoms with Gasteiger partial charge in [0.25, 0.3) is 5.91 Å².